The van der Waals surface area contributed by atoms with Crippen molar-refractivity contribution in [3.05, 3.63) is 11.1 Å². The van der Waals surface area contributed by atoms with Gasteiger partial charge >= 0.3 is 5.97 Å². The molecule has 0 heterocycles. The summed E-state index contributed by atoms with van der Waals surface area (Å²) in [6, 6.07) is 0. The van der Waals surface area contributed by atoms with E-state index < -0.39 is 5.97 Å². The Morgan fingerprint density at radius 3 is 2.29 bits per heavy atom. The minimum atomic E-state index is -0.743. The number of hydrogen-bond donors (Lipinski definition) is 1. The van der Waals surface area contributed by atoms with Crippen molar-refractivity contribution in [2.75, 3.05) is 0 Å². The molecule has 1 aliphatic rings. The molecule has 80 valence electrons. The maximum Gasteiger partial charge on any atom is 0.331 e. The van der Waals surface area contributed by atoms with Crippen molar-refractivity contribution in [3.8, 4) is 0 Å². The quantitative estimate of drug-likeness (QED) is 0.702. The molecule has 0 atom stereocenters. The molecule has 0 aliphatic heterocycles. The van der Waals surface area contributed by atoms with Gasteiger partial charge in [0.15, 0.2) is 0 Å². The van der Waals surface area contributed by atoms with E-state index in [1.54, 1.807) is 6.92 Å². The highest BCUT2D eigenvalue weighted by atomic mass is 16.4. The van der Waals surface area contributed by atoms with Crippen LogP contribution in [0.5, 0.6) is 0 Å². The van der Waals surface area contributed by atoms with E-state index in [9.17, 15) is 4.79 Å². The van der Waals surface area contributed by atoms with E-state index in [4.69, 9.17) is 5.11 Å². The first-order valence-electron chi connectivity index (χ1n) is 5.59. The largest absolute Gasteiger partial charge is 0.478 e. The highest BCUT2D eigenvalue weighted by Crippen LogP contribution is 2.32. The van der Waals surface area contributed by atoms with Crippen LogP contribution in [0.15, 0.2) is 11.1 Å². The average Bonchev–Trinajstić information content (AvgIpc) is 2.20. The molecule has 0 aromatic carbocycles. The summed E-state index contributed by atoms with van der Waals surface area (Å²) in [6.45, 7) is 3.81. The van der Waals surface area contributed by atoms with Crippen molar-refractivity contribution < 1.29 is 9.90 Å². The van der Waals surface area contributed by atoms with E-state index in [2.05, 4.69) is 6.92 Å². The van der Waals surface area contributed by atoms with Gasteiger partial charge < -0.3 is 5.11 Å². The molecule has 2 heteroatoms. The second kappa shape index (κ2) is 5.18. The van der Waals surface area contributed by atoms with Crippen molar-refractivity contribution in [2.45, 2.75) is 52.4 Å². The predicted molar refractivity (Wildman–Crippen MR) is 57.2 cm³/mol. The molecule has 0 aromatic heterocycles. The lowest BCUT2D eigenvalue weighted by molar-refractivity contribution is -0.132. The lowest BCUT2D eigenvalue weighted by Crippen LogP contribution is -2.13. The van der Waals surface area contributed by atoms with Crippen LogP contribution < -0.4 is 0 Å². The minimum absolute atomic E-state index is 0.546. The Morgan fingerprint density at radius 1 is 1.29 bits per heavy atom. The molecule has 0 unspecified atom stereocenters. The SMILES string of the molecule is CC/C(=C(\C)C(=O)O)C1CCCCC1. The smallest absolute Gasteiger partial charge is 0.331 e. The number of carboxylic acids is 1. The molecule has 14 heavy (non-hydrogen) atoms. The van der Waals surface area contributed by atoms with Crippen LogP contribution in [0.25, 0.3) is 0 Å². The molecule has 2 nitrogen and oxygen atoms in total. The Morgan fingerprint density at radius 2 is 1.86 bits per heavy atom. The fourth-order valence-corrected chi connectivity index (χ4v) is 2.45. The maximum atomic E-state index is 10.9. The van der Waals surface area contributed by atoms with E-state index >= 15 is 0 Å². The van der Waals surface area contributed by atoms with Gasteiger partial charge in [0.25, 0.3) is 0 Å². The van der Waals surface area contributed by atoms with Crippen LogP contribution in [-0.4, -0.2) is 11.1 Å². The summed E-state index contributed by atoms with van der Waals surface area (Å²) in [5, 5.41) is 8.96. The Kier molecular flexibility index (Phi) is 4.18. The van der Waals surface area contributed by atoms with Crippen LogP contribution in [0.3, 0.4) is 0 Å². The lowest BCUT2D eigenvalue weighted by atomic mass is 9.81. The van der Waals surface area contributed by atoms with E-state index in [0.29, 0.717) is 11.5 Å². The topological polar surface area (TPSA) is 37.3 Å². The summed E-state index contributed by atoms with van der Waals surface area (Å²) in [4.78, 5) is 10.9. The Labute approximate surface area is 86.0 Å². The van der Waals surface area contributed by atoms with Crippen LogP contribution in [0.2, 0.25) is 0 Å². The summed E-state index contributed by atoms with van der Waals surface area (Å²) in [6.07, 6.45) is 7.12. The van der Waals surface area contributed by atoms with E-state index in [1.165, 1.54) is 37.7 Å². The predicted octanol–water partition coefficient (Wildman–Crippen LogP) is 3.38. The first kappa shape index (κ1) is 11.3. The monoisotopic (exact) mass is 196 g/mol. The number of carbonyl (C=O) groups is 1. The Hall–Kier alpha value is -0.790. The molecule has 0 saturated heterocycles. The van der Waals surface area contributed by atoms with Crippen LogP contribution >= 0.6 is 0 Å². The molecule has 0 bridgehead atoms. The van der Waals surface area contributed by atoms with Crippen LogP contribution in [0, 0.1) is 5.92 Å². The average molecular weight is 196 g/mol. The van der Waals surface area contributed by atoms with Gasteiger partial charge in [-0.2, -0.15) is 0 Å². The zero-order valence-corrected chi connectivity index (χ0v) is 9.18. The molecule has 1 fully saturated rings. The van der Waals surface area contributed by atoms with E-state index in [-0.39, 0.29) is 0 Å². The summed E-state index contributed by atoms with van der Waals surface area (Å²) < 4.78 is 0. The minimum Gasteiger partial charge on any atom is -0.478 e. The van der Waals surface area contributed by atoms with Crippen molar-refractivity contribution >= 4 is 5.97 Å². The lowest BCUT2D eigenvalue weighted by Gasteiger charge is -2.25. The summed E-state index contributed by atoms with van der Waals surface area (Å²) in [5.41, 5.74) is 1.76. The van der Waals surface area contributed by atoms with Crippen molar-refractivity contribution in [2.24, 2.45) is 5.92 Å². The molecule has 1 N–H and O–H groups in total. The first-order chi connectivity index (χ1) is 6.66. The van der Waals surface area contributed by atoms with Crippen LogP contribution in [0.1, 0.15) is 52.4 Å². The van der Waals surface area contributed by atoms with Gasteiger partial charge in [0.1, 0.15) is 0 Å². The molecule has 1 saturated carbocycles. The zero-order chi connectivity index (χ0) is 10.6. The first-order valence-corrected chi connectivity index (χ1v) is 5.59. The number of rotatable bonds is 3. The van der Waals surface area contributed by atoms with Gasteiger partial charge in [0.05, 0.1) is 0 Å². The number of hydrogen-bond acceptors (Lipinski definition) is 1. The van der Waals surface area contributed by atoms with Crippen LogP contribution in [-0.2, 0) is 4.79 Å². The van der Waals surface area contributed by atoms with Gasteiger partial charge in [0, 0.05) is 5.57 Å². The zero-order valence-electron chi connectivity index (χ0n) is 9.18. The normalized spacial score (nSPS) is 20.4. The molecule has 1 aliphatic carbocycles. The summed E-state index contributed by atoms with van der Waals surface area (Å²) in [7, 11) is 0. The second-order valence-electron chi connectivity index (χ2n) is 4.14. The Balaban J connectivity index is 2.78. The van der Waals surface area contributed by atoms with Gasteiger partial charge in [-0.3, -0.25) is 0 Å². The number of allylic oxidation sites excluding steroid dienone is 1. The third-order valence-electron chi connectivity index (χ3n) is 3.28. The number of aliphatic carboxylic acids is 1. The van der Waals surface area contributed by atoms with E-state index in [1.807, 2.05) is 0 Å². The maximum absolute atomic E-state index is 10.9. The molecule has 0 aromatic rings. The van der Waals surface area contributed by atoms with E-state index in [0.717, 1.165) is 6.42 Å². The summed E-state index contributed by atoms with van der Waals surface area (Å²) >= 11 is 0. The van der Waals surface area contributed by atoms with Crippen molar-refractivity contribution in [1.29, 1.82) is 0 Å². The van der Waals surface area contributed by atoms with Gasteiger partial charge in [-0.05, 0) is 32.1 Å². The van der Waals surface area contributed by atoms with Gasteiger partial charge in [-0.25, -0.2) is 4.79 Å². The highest BCUT2D eigenvalue weighted by Gasteiger charge is 2.20. The highest BCUT2D eigenvalue weighted by molar-refractivity contribution is 5.86. The third-order valence-corrected chi connectivity index (χ3v) is 3.28. The Bertz CT molecular complexity index is 235. The molecular formula is C12H20O2. The standard InChI is InChI=1S/C12H20O2/c1-3-11(9(2)12(13)14)10-7-5-4-6-8-10/h10H,3-8H2,1-2H3,(H,13,14)/b11-9-. The molecular weight excluding hydrogens is 176 g/mol. The van der Waals surface area contributed by atoms with Crippen molar-refractivity contribution in [3.63, 3.8) is 0 Å². The van der Waals surface area contributed by atoms with Gasteiger partial charge in [-0.1, -0.05) is 31.8 Å². The summed E-state index contributed by atoms with van der Waals surface area (Å²) in [5.74, 6) is -0.197. The second-order valence-corrected chi connectivity index (χ2v) is 4.14. The molecule has 0 spiro atoms. The van der Waals surface area contributed by atoms with Gasteiger partial charge in [0.2, 0.25) is 0 Å². The third kappa shape index (κ3) is 2.60. The molecule has 0 radical (unpaired) electrons. The molecule has 0 amide bonds. The van der Waals surface area contributed by atoms with Crippen molar-refractivity contribution in [1.82, 2.24) is 0 Å². The van der Waals surface area contributed by atoms with Crippen LogP contribution in [0.4, 0.5) is 0 Å². The van der Waals surface area contributed by atoms with Gasteiger partial charge in [-0.15, -0.1) is 0 Å². The molecule has 1 rings (SSSR count). The fraction of sp³-hybridized carbons (Fsp3) is 0.750. The number of carboxylic acid groups (broad SMARTS) is 1. The fourth-order valence-electron chi connectivity index (χ4n) is 2.45.